The Hall–Kier alpha value is -0.740. The lowest BCUT2D eigenvalue weighted by Gasteiger charge is -2.15. The number of rotatable bonds is 11. The molecule has 25 heavy (non-hydrogen) atoms. The predicted molar refractivity (Wildman–Crippen MR) is 110 cm³/mol. The highest BCUT2D eigenvalue weighted by Gasteiger charge is 2.12. The summed E-state index contributed by atoms with van der Waals surface area (Å²) in [4.78, 5) is 12.0. The normalized spacial score (nSPS) is 12.1. The van der Waals surface area contributed by atoms with E-state index in [1.165, 1.54) is 19.3 Å². The third kappa shape index (κ3) is 7.57. The zero-order valence-electron chi connectivity index (χ0n) is 15.9. The maximum atomic E-state index is 12.0. The number of carbonyl (C=O) groups excluding carboxylic acids is 1. The van der Waals surface area contributed by atoms with Gasteiger partial charge in [-0.15, -0.1) is 0 Å². The van der Waals surface area contributed by atoms with Crippen molar-refractivity contribution >= 4 is 33.4 Å². The van der Waals surface area contributed by atoms with E-state index in [2.05, 4.69) is 35.1 Å². The van der Waals surface area contributed by atoms with Gasteiger partial charge in [0.2, 0.25) is 5.91 Å². The van der Waals surface area contributed by atoms with Gasteiger partial charge in [0.25, 0.3) is 0 Å². The van der Waals surface area contributed by atoms with Crippen molar-refractivity contribution in [3.8, 4) is 5.75 Å². The second kappa shape index (κ2) is 11.8. The highest BCUT2D eigenvalue weighted by Crippen LogP contribution is 2.35. The van der Waals surface area contributed by atoms with Crippen LogP contribution in [0.4, 0.5) is 0 Å². The number of amides is 1. The maximum Gasteiger partial charge on any atom is 0.220 e. The molecule has 1 amide bonds. The van der Waals surface area contributed by atoms with Gasteiger partial charge in [0.15, 0.2) is 0 Å². The lowest BCUT2D eigenvalue weighted by molar-refractivity contribution is -0.121. The number of nitrogens with one attached hydrogen (secondary N) is 1. The monoisotopic (exact) mass is 431 g/mol. The zero-order valence-corrected chi connectivity index (χ0v) is 18.2. The van der Waals surface area contributed by atoms with Crippen LogP contribution in [0.5, 0.6) is 5.75 Å². The maximum absolute atomic E-state index is 12.0. The third-order valence-electron chi connectivity index (χ3n) is 4.51. The summed E-state index contributed by atoms with van der Waals surface area (Å²) < 4.78 is 6.70. The Morgan fingerprint density at radius 2 is 2.04 bits per heavy atom. The molecule has 0 bridgehead atoms. The van der Waals surface area contributed by atoms with Crippen LogP contribution in [0.2, 0.25) is 5.02 Å². The highest BCUT2D eigenvalue weighted by molar-refractivity contribution is 9.10. The van der Waals surface area contributed by atoms with E-state index in [0.717, 1.165) is 39.3 Å². The van der Waals surface area contributed by atoms with Gasteiger partial charge in [-0.1, -0.05) is 44.7 Å². The molecule has 1 aromatic carbocycles. The van der Waals surface area contributed by atoms with E-state index in [0.29, 0.717) is 25.4 Å². The molecule has 1 aromatic rings. The Labute approximate surface area is 166 Å². The fourth-order valence-electron chi connectivity index (χ4n) is 2.71. The van der Waals surface area contributed by atoms with Crippen LogP contribution in [-0.4, -0.2) is 19.1 Å². The van der Waals surface area contributed by atoms with Crippen molar-refractivity contribution in [3.05, 3.63) is 26.7 Å². The Morgan fingerprint density at radius 3 is 2.68 bits per heavy atom. The van der Waals surface area contributed by atoms with E-state index in [4.69, 9.17) is 16.3 Å². The molecule has 1 rings (SSSR count). The lowest BCUT2D eigenvalue weighted by atomic mass is 9.99. The van der Waals surface area contributed by atoms with Crippen molar-refractivity contribution in [1.29, 1.82) is 0 Å². The first-order valence-corrected chi connectivity index (χ1v) is 10.4. The van der Waals surface area contributed by atoms with E-state index < -0.39 is 0 Å². The molecule has 0 aromatic heterocycles. The van der Waals surface area contributed by atoms with Crippen LogP contribution in [-0.2, 0) is 4.79 Å². The summed E-state index contributed by atoms with van der Waals surface area (Å²) in [5.74, 6) is 1.49. The summed E-state index contributed by atoms with van der Waals surface area (Å²) in [6.07, 6.45) is 5.95. The van der Waals surface area contributed by atoms with E-state index in [1.54, 1.807) is 0 Å². The minimum absolute atomic E-state index is 0.112. The summed E-state index contributed by atoms with van der Waals surface area (Å²) in [5, 5.41) is 3.81. The molecule has 3 nitrogen and oxygen atoms in total. The summed E-state index contributed by atoms with van der Waals surface area (Å²) in [6, 6.07) is 1.93. The van der Waals surface area contributed by atoms with E-state index in [-0.39, 0.29) is 5.91 Å². The average molecular weight is 433 g/mol. The first kappa shape index (κ1) is 22.3. The number of aryl methyl sites for hydroxylation is 1. The van der Waals surface area contributed by atoms with Crippen LogP contribution in [0, 0.1) is 19.8 Å². The minimum Gasteiger partial charge on any atom is -0.492 e. The number of ether oxygens (including phenoxy) is 1. The molecule has 5 heteroatoms. The molecule has 0 saturated heterocycles. The molecular formula is C20H31BrClNO2. The highest BCUT2D eigenvalue weighted by atomic mass is 79.9. The third-order valence-corrected chi connectivity index (χ3v) is 6.07. The molecule has 1 unspecified atom stereocenters. The van der Waals surface area contributed by atoms with Crippen LogP contribution in [0.1, 0.15) is 63.5 Å². The average Bonchev–Trinajstić information content (AvgIpc) is 2.61. The van der Waals surface area contributed by atoms with Crippen molar-refractivity contribution in [2.45, 2.75) is 66.2 Å². The second-order valence-corrected chi connectivity index (χ2v) is 7.79. The summed E-state index contributed by atoms with van der Waals surface area (Å²) in [6.45, 7) is 9.62. The quantitative estimate of drug-likeness (QED) is 0.422. The van der Waals surface area contributed by atoms with Crippen molar-refractivity contribution < 1.29 is 9.53 Å². The van der Waals surface area contributed by atoms with Crippen LogP contribution in [0.25, 0.3) is 0 Å². The van der Waals surface area contributed by atoms with Crippen molar-refractivity contribution in [2.24, 2.45) is 5.92 Å². The van der Waals surface area contributed by atoms with Gasteiger partial charge in [-0.25, -0.2) is 0 Å². The van der Waals surface area contributed by atoms with Crippen molar-refractivity contribution in [2.75, 3.05) is 13.2 Å². The van der Waals surface area contributed by atoms with E-state index >= 15 is 0 Å². The molecule has 1 N–H and O–H groups in total. The molecule has 1 atom stereocenters. The van der Waals surface area contributed by atoms with Gasteiger partial charge in [0, 0.05) is 18.0 Å². The Bertz CT molecular complexity index is 563. The summed E-state index contributed by atoms with van der Waals surface area (Å²) in [7, 11) is 0. The topological polar surface area (TPSA) is 38.3 Å². The number of benzene rings is 1. The van der Waals surface area contributed by atoms with Gasteiger partial charge in [-0.3, -0.25) is 4.79 Å². The van der Waals surface area contributed by atoms with Gasteiger partial charge in [-0.2, -0.15) is 0 Å². The van der Waals surface area contributed by atoms with Gasteiger partial charge in [0.05, 0.1) is 11.1 Å². The van der Waals surface area contributed by atoms with Crippen LogP contribution < -0.4 is 10.1 Å². The van der Waals surface area contributed by atoms with Crippen molar-refractivity contribution in [3.63, 3.8) is 0 Å². The molecule has 0 aliphatic heterocycles. The second-order valence-electron chi connectivity index (χ2n) is 6.62. The molecule has 0 fully saturated rings. The Morgan fingerprint density at radius 1 is 1.32 bits per heavy atom. The summed E-state index contributed by atoms with van der Waals surface area (Å²) in [5.41, 5.74) is 1.97. The van der Waals surface area contributed by atoms with Crippen LogP contribution in [0.15, 0.2) is 10.5 Å². The van der Waals surface area contributed by atoms with Crippen molar-refractivity contribution in [1.82, 2.24) is 5.32 Å². The molecule has 0 aliphatic carbocycles. The van der Waals surface area contributed by atoms with Gasteiger partial charge >= 0.3 is 0 Å². The molecule has 142 valence electrons. The SMILES string of the molecule is CCCCC(CC)CNC(=O)CCCOc1cc(C)c(Cl)c(C)c1Br. The number of hydrogen-bond acceptors (Lipinski definition) is 2. The number of hydrogen-bond donors (Lipinski definition) is 1. The standard InChI is InChI=1S/C20H31BrClNO2/c1-5-7-9-16(6-2)13-23-18(24)10-8-11-25-17-12-14(3)20(22)15(4)19(17)21/h12,16H,5-11,13H2,1-4H3,(H,23,24). The molecule has 0 spiro atoms. The molecule has 0 radical (unpaired) electrons. The minimum atomic E-state index is 0.112. The lowest BCUT2D eigenvalue weighted by Crippen LogP contribution is -2.29. The number of carbonyl (C=O) groups is 1. The molecule has 0 heterocycles. The predicted octanol–water partition coefficient (Wildman–Crippen LogP) is 6.21. The fraction of sp³-hybridized carbons (Fsp3) is 0.650. The largest absolute Gasteiger partial charge is 0.492 e. The molecule has 0 aliphatic rings. The Balaban J connectivity index is 2.33. The smallest absolute Gasteiger partial charge is 0.220 e. The van der Waals surface area contributed by atoms with E-state index in [1.807, 2.05) is 19.9 Å². The van der Waals surface area contributed by atoms with Crippen LogP contribution in [0.3, 0.4) is 0 Å². The van der Waals surface area contributed by atoms with Crippen LogP contribution >= 0.6 is 27.5 Å². The Kier molecular flexibility index (Phi) is 10.5. The zero-order chi connectivity index (χ0) is 18.8. The van der Waals surface area contributed by atoms with E-state index in [9.17, 15) is 4.79 Å². The van der Waals surface area contributed by atoms with Gasteiger partial charge in [0.1, 0.15) is 5.75 Å². The fourth-order valence-corrected chi connectivity index (χ4v) is 3.40. The molecular weight excluding hydrogens is 402 g/mol. The first-order valence-electron chi connectivity index (χ1n) is 9.25. The summed E-state index contributed by atoms with van der Waals surface area (Å²) >= 11 is 9.75. The van der Waals surface area contributed by atoms with Gasteiger partial charge in [-0.05, 0) is 65.7 Å². The number of unbranched alkanes of at least 4 members (excludes halogenated alkanes) is 1. The molecule has 0 saturated carbocycles. The van der Waals surface area contributed by atoms with Gasteiger partial charge < -0.3 is 10.1 Å². The number of halogens is 2. The first-order chi connectivity index (χ1) is 11.9.